The van der Waals surface area contributed by atoms with Crippen molar-refractivity contribution in [3.63, 3.8) is 0 Å². The van der Waals surface area contributed by atoms with Crippen LogP contribution >= 0.6 is 0 Å². The number of anilines is 2. The Labute approximate surface area is 146 Å². The second-order valence-electron chi connectivity index (χ2n) is 6.28. The lowest BCUT2D eigenvalue weighted by molar-refractivity contribution is -0.137. The molecule has 7 heteroatoms. The molecular formula is C18H25F3N2O2. The number of unbranched alkanes of at least 4 members (excludes halogenated alkanes) is 1. The van der Waals surface area contributed by atoms with E-state index in [-0.39, 0.29) is 5.69 Å². The maximum Gasteiger partial charge on any atom is 0.416 e. The highest BCUT2D eigenvalue weighted by atomic mass is 19.4. The molecule has 1 N–H and O–H groups in total. The van der Waals surface area contributed by atoms with Crippen LogP contribution in [-0.2, 0) is 15.7 Å². The van der Waals surface area contributed by atoms with Crippen LogP contribution in [0.5, 0.6) is 0 Å². The van der Waals surface area contributed by atoms with E-state index in [1.54, 1.807) is 6.92 Å². The van der Waals surface area contributed by atoms with Crippen molar-refractivity contribution in [1.82, 2.24) is 0 Å². The number of alkyl halides is 3. The highest BCUT2D eigenvalue weighted by Crippen LogP contribution is 2.36. The zero-order valence-electron chi connectivity index (χ0n) is 14.7. The number of ether oxygens (including phenoxy) is 1. The fourth-order valence-corrected chi connectivity index (χ4v) is 2.76. The Kier molecular flexibility index (Phi) is 6.70. The van der Waals surface area contributed by atoms with Gasteiger partial charge in [0.1, 0.15) is 6.10 Å². The Hall–Kier alpha value is -1.76. The van der Waals surface area contributed by atoms with Gasteiger partial charge in [0.15, 0.2) is 0 Å². The number of carbonyl (C=O) groups is 1. The number of halogens is 3. The summed E-state index contributed by atoms with van der Waals surface area (Å²) in [4.78, 5) is 14.3. The van der Waals surface area contributed by atoms with Gasteiger partial charge in [0.05, 0.1) is 16.9 Å². The minimum absolute atomic E-state index is 0.188. The van der Waals surface area contributed by atoms with Gasteiger partial charge in [-0.1, -0.05) is 13.3 Å². The van der Waals surface area contributed by atoms with Crippen molar-refractivity contribution in [3.8, 4) is 0 Å². The number of hydrogen-bond donors (Lipinski definition) is 1. The van der Waals surface area contributed by atoms with Gasteiger partial charge in [-0.25, -0.2) is 0 Å². The lowest BCUT2D eigenvalue weighted by Crippen LogP contribution is -2.29. The molecule has 1 aromatic carbocycles. The Morgan fingerprint density at radius 3 is 2.60 bits per heavy atom. The van der Waals surface area contributed by atoms with E-state index < -0.39 is 23.8 Å². The van der Waals surface area contributed by atoms with Crippen LogP contribution in [-0.4, -0.2) is 31.7 Å². The summed E-state index contributed by atoms with van der Waals surface area (Å²) in [7, 11) is 0. The zero-order chi connectivity index (χ0) is 18.4. The highest BCUT2D eigenvalue weighted by Gasteiger charge is 2.32. The molecule has 0 aliphatic carbocycles. The predicted molar refractivity (Wildman–Crippen MR) is 91.8 cm³/mol. The third-order valence-electron chi connectivity index (χ3n) is 4.26. The third-order valence-corrected chi connectivity index (χ3v) is 4.26. The lowest BCUT2D eigenvalue weighted by atomic mass is 10.1. The minimum Gasteiger partial charge on any atom is -0.370 e. The number of rotatable bonds is 7. The standard InChI is InChI=1S/C18H25F3N2O2/c1-3-4-11-25-13(2)17(24)22-15-12-14(18(19,20)21)7-8-16(15)23-9-5-6-10-23/h7-8,12-13H,3-6,9-11H2,1-2H3,(H,22,24). The SMILES string of the molecule is CCCCOC(C)C(=O)Nc1cc(C(F)(F)F)ccc1N1CCCC1. The van der Waals surface area contributed by atoms with Gasteiger partial charge >= 0.3 is 6.18 Å². The minimum atomic E-state index is -4.45. The van der Waals surface area contributed by atoms with E-state index in [0.29, 0.717) is 12.3 Å². The molecule has 0 bridgehead atoms. The van der Waals surface area contributed by atoms with Gasteiger partial charge < -0.3 is 15.0 Å². The topological polar surface area (TPSA) is 41.6 Å². The fourth-order valence-electron chi connectivity index (χ4n) is 2.76. The van der Waals surface area contributed by atoms with Gasteiger partial charge in [-0.05, 0) is 44.4 Å². The number of carbonyl (C=O) groups excluding carboxylic acids is 1. The maximum atomic E-state index is 13.0. The summed E-state index contributed by atoms with van der Waals surface area (Å²) >= 11 is 0. The molecule has 25 heavy (non-hydrogen) atoms. The van der Waals surface area contributed by atoms with Crippen molar-refractivity contribution >= 4 is 17.3 Å². The molecule has 0 aromatic heterocycles. The Morgan fingerprint density at radius 1 is 1.32 bits per heavy atom. The van der Waals surface area contributed by atoms with E-state index in [1.807, 2.05) is 11.8 Å². The molecule has 1 unspecified atom stereocenters. The molecule has 1 saturated heterocycles. The molecule has 0 saturated carbocycles. The molecule has 0 spiro atoms. The molecule has 4 nitrogen and oxygen atoms in total. The lowest BCUT2D eigenvalue weighted by Gasteiger charge is -2.23. The Balaban J connectivity index is 2.18. The van der Waals surface area contributed by atoms with Crippen LogP contribution in [0.4, 0.5) is 24.5 Å². The number of nitrogens with zero attached hydrogens (tertiary/aromatic N) is 1. The van der Waals surface area contributed by atoms with Crippen LogP contribution in [0.2, 0.25) is 0 Å². The van der Waals surface area contributed by atoms with E-state index in [2.05, 4.69) is 5.32 Å². The van der Waals surface area contributed by atoms with Crippen LogP contribution in [0.3, 0.4) is 0 Å². The van der Waals surface area contributed by atoms with Gasteiger partial charge in [-0.3, -0.25) is 4.79 Å². The molecule has 1 fully saturated rings. The molecule has 0 radical (unpaired) electrons. The van der Waals surface area contributed by atoms with Crippen molar-refractivity contribution < 1.29 is 22.7 Å². The number of hydrogen-bond acceptors (Lipinski definition) is 3. The van der Waals surface area contributed by atoms with Gasteiger partial charge in [-0.15, -0.1) is 0 Å². The molecule has 140 valence electrons. The van der Waals surface area contributed by atoms with E-state index in [9.17, 15) is 18.0 Å². The summed E-state index contributed by atoms with van der Waals surface area (Å²) in [6, 6.07) is 3.50. The third kappa shape index (κ3) is 5.36. The van der Waals surface area contributed by atoms with Crippen molar-refractivity contribution in [2.75, 3.05) is 29.9 Å². The first-order chi connectivity index (χ1) is 11.8. The number of nitrogens with one attached hydrogen (secondary N) is 1. The van der Waals surface area contributed by atoms with Crippen LogP contribution in [0.25, 0.3) is 0 Å². The normalized spacial score (nSPS) is 16.1. The summed E-state index contributed by atoms with van der Waals surface area (Å²) in [5.74, 6) is -0.434. The number of benzene rings is 1. The fraction of sp³-hybridized carbons (Fsp3) is 0.611. The van der Waals surface area contributed by atoms with Gasteiger partial charge in [0.25, 0.3) is 5.91 Å². The van der Waals surface area contributed by atoms with Gasteiger partial charge in [-0.2, -0.15) is 13.2 Å². The van der Waals surface area contributed by atoms with Crippen LogP contribution < -0.4 is 10.2 Å². The number of amides is 1. The summed E-state index contributed by atoms with van der Waals surface area (Å²) in [6.07, 6.45) is -1.41. The second kappa shape index (κ2) is 8.56. The predicted octanol–water partition coefficient (Wildman–Crippen LogP) is 4.45. The molecule has 1 aliphatic heterocycles. The van der Waals surface area contributed by atoms with Crippen molar-refractivity contribution in [3.05, 3.63) is 23.8 Å². The van der Waals surface area contributed by atoms with E-state index in [0.717, 1.165) is 50.9 Å². The first-order valence-corrected chi connectivity index (χ1v) is 8.71. The summed E-state index contributed by atoms with van der Waals surface area (Å²) < 4.78 is 44.5. The molecular weight excluding hydrogens is 333 g/mol. The van der Waals surface area contributed by atoms with Crippen LogP contribution in [0.1, 0.15) is 45.1 Å². The summed E-state index contributed by atoms with van der Waals surface area (Å²) in [5.41, 5.74) is 0.0394. The van der Waals surface area contributed by atoms with Crippen molar-refractivity contribution in [2.24, 2.45) is 0 Å². The largest absolute Gasteiger partial charge is 0.416 e. The molecule has 1 atom stereocenters. The zero-order valence-corrected chi connectivity index (χ0v) is 14.7. The molecule has 1 aromatic rings. The van der Waals surface area contributed by atoms with Gasteiger partial charge in [0, 0.05) is 19.7 Å². The first kappa shape index (κ1) is 19.6. The maximum absolute atomic E-state index is 13.0. The smallest absolute Gasteiger partial charge is 0.370 e. The van der Waals surface area contributed by atoms with Crippen LogP contribution in [0, 0.1) is 0 Å². The first-order valence-electron chi connectivity index (χ1n) is 8.71. The monoisotopic (exact) mass is 358 g/mol. The van der Waals surface area contributed by atoms with Crippen molar-refractivity contribution in [1.29, 1.82) is 0 Å². The highest BCUT2D eigenvalue weighted by molar-refractivity contribution is 5.97. The van der Waals surface area contributed by atoms with Crippen molar-refractivity contribution in [2.45, 2.75) is 51.8 Å². The van der Waals surface area contributed by atoms with E-state index in [4.69, 9.17) is 4.74 Å². The summed E-state index contributed by atoms with van der Waals surface area (Å²) in [5, 5.41) is 2.62. The summed E-state index contributed by atoms with van der Waals surface area (Å²) in [6.45, 7) is 5.62. The molecule has 1 aliphatic rings. The molecule has 1 amide bonds. The average Bonchev–Trinajstić information content (AvgIpc) is 3.08. The van der Waals surface area contributed by atoms with E-state index >= 15 is 0 Å². The van der Waals surface area contributed by atoms with Crippen LogP contribution in [0.15, 0.2) is 18.2 Å². The molecule has 1 heterocycles. The van der Waals surface area contributed by atoms with E-state index in [1.165, 1.54) is 6.07 Å². The van der Waals surface area contributed by atoms with Gasteiger partial charge in [0.2, 0.25) is 0 Å². The molecule has 2 rings (SSSR count). The average molecular weight is 358 g/mol. The Bertz CT molecular complexity index is 584. The second-order valence-corrected chi connectivity index (χ2v) is 6.28. The Morgan fingerprint density at radius 2 is 2.00 bits per heavy atom. The quantitative estimate of drug-likeness (QED) is 0.732.